The monoisotopic (exact) mass is 288 g/mol. The summed E-state index contributed by atoms with van der Waals surface area (Å²) in [6.07, 6.45) is 1.94. The highest BCUT2D eigenvalue weighted by molar-refractivity contribution is 7.91. The van der Waals surface area contributed by atoms with E-state index >= 15 is 0 Å². The smallest absolute Gasteiger partial charge is 0.255 e. The quantitative estimate of drug-likeness (QED) is 0.893. The molecule has 2 heterocycles. The molecular weight excluding hydrogens is 272 g/mol. The predicted molar refractivity (Wildman–Crippen MR) is 70.0 cm³/mol. The molecule has 0 unspecified atom stereocenters. The molecule has 0 bridgehead atoms. The van der Waals surface area contributed by atoms with Crippen LogP contribution in [0.4, 0.5) is 0 Å². The summed E-state index contributed by atoms with van der Waals surface area (Å²) in [6.45, 7) is 4.75. The van der Waals surface area contributed by atoms with E-state index in [0.29, 0.717) is 12.1 Å². The Bertz CT molecular complexity index is 575. The molecule has 5 nitrogen and oxygen atoms in total. The first-order chi connectivity index (χ1) is 8.22. The molecule has 2 N–H and O–H groups in total. The van der Waals surface area contributed by atoms with E-state index < -0.39 is 10.0 Å². The Labute approximate surface area is 111 Å². The van der Waals surface area contributed by atoms with E-state index in [4.69, 9.17) is 5.14 Å². The first-order valence-corrected chi connectivity index (χ1v) is 8.08. The Kier molecular flexibility index (Phi) is 3.25. The number of hydrogen-bond donors (Lipinski definition) is 1. The molecule has 1 saturated heterocycles. The van der Waals surface area contributed by atoms with E-state index in [0.717, 1.165) is 24.2 Å². The van der Waals surface area contributed by atoms with Crippen LogP contribution < -0.4 is 5.14 Å². The molecule has 0 spiro atoms. The highest BCUT2D eigenvalue weighted by atomic mass is 32.2. The lowest BCUT2D eigenvalue weighted by atomic mass is 10.0. The number of carbonyl (C=O) groups is 1. The van der Waals surface area contributed by atoms with Gasteiger partial charge < -0.3 is 4.90 Å². The molecule has 0 aromatic carbocycles. The Morgan fingerprint density at radius 3 is 2.61 bits per heavy atom. The summed E-state index contributed by atoms with van der Waals surface area (Å²) >= 11 is 0.983. The minimum atomic E-state index is -3.72. The van der Waals surface area contributed by atoms with Crippen molar-refractivity contribution in [3.63, 3.8) is 0 Å². The zero-order valence-electron chi connectivity index (χ0n) is 10.3. The second-order valence-electron chi connectivity index (χ2n) is 5.07. The summed E-state index contributed by atoms with van der Waals surface area (Å²) < 4.78 is 22.4. The molecule has 0 atom stereocenters. The summed E-state index contributed by atoms with van der Waals surface area (Å²) in [5.41, 5.74) is 0.236. The zero-order valence-corrected chi connectivity index (χ0v) is 12.0. The van der Waals surface area contributed by atoms with Gasteiger partial charge in [0.15, 0.2) is 0 Å². The van der Waals surface area contributed by atoms with Crippen molar-refractivity contribution in [1.82, 2.24) is 4.90 Å². The second kappa shape index (κ2) is 4.32. The molecule has 18 heavy (non-hydrogen) atoms. The fourth-order valence-electron chi connectivity index (χ4n) is 2.22. The standard InChI is InChI=1S/C11H16N2O3S2/c1-11(2)4-3-5-13(11)10(14)8-6-9(17-7-8)18(12,15)16/h6-7H,3-5H2,1-2H3,(H2,12,15,16). The molecule has 100 valence electrons. The molecule has 1 aliphatic heterocycles. The Hall–Kier alpha value is -0.920. The fraction of sp³-hybridized carbons (Fsp3) is 0.545. The summed E-state index contributed by atoms with van der Waals surface area (Å²) in [5.74, 6) is -0.122. The zero-order chi connectivity index (χ0) is 13.6. The van der Waals surface area contributed by atoms with Crippen molar-refractivity contribution in [2.24, 2.45) is 5.14 Å². The molecule has 1 aromatic rings. The van der Waals surface area contributed by atoms with Crippen molar-refractivity contribution in [3.8, 4) is 0 Å². The van der Waals surface area contributed by atoms with Crippen LogP contribution >= 0.6 is 11.3 Å². The number of thiophene rings is 1. The summed E-state index contributed by atoms with van der Waals surface area (Å²) in [5, 5.41) is 6.59. The van der Waals surface area contributed by atoms with Gasteiger partial charge in [0.25, 0.3) is 5.91 Å². The minimum Gasteiger partial charge on any atom is -0.334 e. The van der Waals surface area contributed by atoms with Gasteiger partial charge in [-0.3, -0.25) is 4.79 Å². The van der Waals surface area contributed by atoms with E-state index in [1.54, 1.807) is 10.3 Å². The predicted octanol–water partition coefficient (Wildman–Crippen LogP) is 1.41. The number of hydrogen-bond acceptors (Lipinski definition) is 4. The van der Waals surface area contributed by atoms with Gasteiger partial charge in [0.2, 0.25) is 10.0 Å². The molecule has 0 aliphatic carbocycles. The van der Waals surface area contributed by atoms with Gasteiger partial charge in [-0.2, -0.15) is 0 Å². The molecule has 1 aromatic heterocycles. The minimum absolute atomic E-state index is 0.0304. The Morgan fingerprint density at radius 1 is 1.50 bits per heavy atom. The van der Waals surface area contributed by atoms with Crippen LogP contribution in [0.2, 0.25) is 0 Å². The van der Waals surface area contributed by atoms with Crippen molar-refractivity contribution >= 4 is 27.3 Å². The number of sulfonamides is 1. The molecule has 7 heteroatoms. The van der Waals surface area contributed by atoms with Crippen LogP contribution in [0.15, 0.2) is 15.7 Å². The second-order valence-corrected chi connectivity index (χ2v) is 7.77. The maximum absolute atomic E-state index is 12.3. The van der Waals surface area contributed by atoms with Gasteiger partial charge >= 0.3 is 0 Å². The van der Waals surface area contributed by atoms with Gasteiger partial charge in [0.05, 0.1) is 5.56 Å². The van der Waals surface area contributed by atoms with E-state index in [1.165, 1.54) is 6.07 Å². The highest BCUT2D eigenvalue weighted by Gasteiger charge is 2.36. The van der Waals surface area contributed by atoms with Crippen LogP contribution in [0.1, 0.15) is 37.0 Å². The van der Waals surface area contributed by atoms with Crippen LogP contribution in [0.5, 0.6) is 0 Å². The fourth-order valence-corrected chi connectivity index (χ4v) is 3.80. The molecule has 2 rings (SSSR count). The van der Waals surface area contributed by atoms with Gasteiger partial charge in [-0.05, 0) is 32.8 Å². The SMILES string of the molecule is CC1(C)CCCN1C(=O)c1csc(S(N)(=O)=O)c1. The van der Waals surface area contributed by atoms with Crippen molar-refractivity contribution in [2.45, 2.75) is 36.4 Å². The lowest BCUT2D eigenvalue weighted by molar-refractivity contribution is 0.0652. The molecule has 1 fully saturated rings. The highest BCUT2D eigenvalue weighted by Crippen LogP contribution is 2.31. The topological polar surface area (TPSA) is 80.5 Å². The molecule has 1 amide bonds. The van der Waals surface area contributed by atoms with Gasteiger partial charge in [-0.25, -0.2) is 13.6 Å². The van der Waals surface area contributed by atoms with Gasteiger partial charge in [-0.1, -0.05) is 0 Å². The maximum Gasteiger partial charge on any atom is 0.255 e. The average Bonchev–Trinajstić information content (AvgIpc) is 2.81. The Balaban J connectivity index is 2.28. The van der Waals surface area contributed by atoms with E-state index in [2.05, 4.69) is 0 Å². The number of amides is 1. The van der Waals surface area contributed by atoms with Crippen LogP contribution in [0.25, 0.3) is 0 Å². The first-order valence-electron chi connectivity index (χ1n) is 5.65. The van der Waals surface area contributed by atoms with Crippen molar-refractivity contribution in [1.29, 1.82) is 0 Å². The number of rotatable bonds is 2. The van der Waals surface area contributed by atoms with Gasteiger partial charge in [-0.15, -0.1) is 11.3 Å². The normalized spacial score (nSPS) is 19.2. The summed E-state index contributed by atoms with van der Waals surface area (Å²) in [6, 6.07) is 1.36. The van der Waals surface area contributed by atoms with Crippen LogP contribution in [0.3, 0.4) is 0 Å². The van der Waals surface area contributed by atoms with Crippen LogP contribution in [-0.2, 0) is 10.0 Å². The Morgan fingerprint density at radius 2 is 2.17 bits per heavy atom. The summed E-state index contributed by atoms with van der Waals surface area (Å²) in [7, 11) is -3.72. The molecule has 0 saturated carbocycles. The first kappa shape index (κ1) is 13.5. The van der Waals surface area contributed by atoms with Gasteiger partial charge in [0, 0.05) is 17.5 Å². The van der Waals surface area contributed by atoms with Crippen molar-refractivity contribution in [3.05, 3.63) is 17.0 Å². The maximum atomic E-state index is 12.3. The third kappa shape index (κ3) is 2.43. The van der Waals surface area contributed by atoms with Crippen LogP contribution in [-0.4, -0.2) is 31.3 Å². The van der Waals surface area contributed by atoms with E-state index in [-0.39, 0.29) is 15.7 Å². The average molecular weight is 288 g/mol. The number of carbonyl (C=O) groups excluding carboxylic acids is 1. The van der Waals surface area contributed by atoms with Crippen molar-refractivity contribution < 1.29 is 13.2 Å². The number of nitrogens with two attached hydrogens (primary N) is 1. The van der Waals surface area contributed by atoms with E-state index in [1.807, 2.05) is 13.8 Å². The largest absolute Gasteiger partial charge is 0.334 e. The molecule has 1 aliphatic rings. The molecule has 0 radical (unpaired) electrons. The number of likely N-dealkylation sites (tertiary alicyclic amines) is 1. The lowest BCUT2D eigenvalue weighted by Crippen LogP contribution is -2.42. The summed E-state index contributed by atoms with van der Waals surface area (Å²) in [4.78, 5) is 14.1. The number of nitrogens with zero attached hydrogens (tertiary/aromatic N) is 1. The van der Waals surface area contributed by atoms with Gasteiger partial charge in [0.1, 0.15) is 4.21 Å². The number of primary sulfonamides is 1. The van der Waals surface area contributed by atoms with E-state index in [9.17, 15) is 13.2 Å². The lowest BCUT2D eigenvalue weighted by Gasteiger charge is -2.31. The third-order valence-corrected chi connectivity index (χ3v) is 5.64. The van der Waals surface area contributed by atoms with Crippen LogP contribution in [0, 0.1) is 0 Å². The van der Waals surface area contributed by atoms with Crippen molar-refractivity contribution in [2.75, 3.05) is 6.54 Å². The third-order valence-electron chi connectivity index (χ3n) is 3.25. The molecular formula is C11H16N2O3S2.